The molecule has 4 N–H and O–H groups in total. The molecule has 0 bridgehead atoms. The third kappa shape index (κ3) is 2.22. The summed E-state index contributed by atoms with van der Waals surface area (Å²) in [5, 5.41) is 17.6. The zero-order valence-electron chi connectivity index (χ0n) is 6.77. The summed E-state index contributed by atoms with van der Waals surface area (Å²) in [7, 11) is 0. The summed E-state index contributed by atoms with van der Waals surface area (Å²) in [6.07, 6.45) is 0.546. The van der Waals surface area contributed by atoms with Gasteiger partial charge in [-0.3, -0.25) is 0 Å². The number of aliphatic hydroxyl groups is 1. The number of rotatable bonds is 3. The van der Waals surface area contributed by atoms with Crippen LogP contribution in [0.5, 0.6) is 5.75 Å². The molecule has 0 aliphatic heterocycles. The fraction of sp³-hybridized carbons (Fsp3) is 0.333. The summed E-state index contributed by atoms with van der Waals surface area (Å²) in [4.78, 5) is 0. The molecule has 3 heteroatoms. The monoisotopic (exact) mass is 167 g/mol. The highest BCUT2D eigenvalue weighted by atomic mass is 16.3. The molecule has 0 saturated carbocycles. The minimum absolute atomic E-state index is 0.0854. The SMILES string of the molecule is N[C@H](CCO)c1ccc(O)cc1. The average Bonchev–Trinajstić information content (AvgIpc) is 2.06. The second kappa shape index (κ2) is 4.09. The highest BCUT2D eigenvalue weighted by Gasteiger charge is 2.03. The first-order chi connectivity index (χ1) is 5.74. The van der Waals surface area contributed by atoms with Gasteiger partial charge >= 0.3 is 0 Å². The Hall–Kier alpha value is -1.06. The van der Waals surface area contributed by atoms with E-state index in [0.717, 1.165) is 5.56 Å². The first-order valence-electron chi connectivity index (χ1n) is 3.89. The minimum Gasteiger partial charge on any atom is -0.508 e. The molecule has 0 aliphatic carbocycles. The number of benzene rings is 1. The molecule has 0 spiro atoms. The molecular weight excluding hydrogens is 154 g/mol. The van der Waals surface area contributed by atoms with E-state index in [-0.39, 0.29) is 18.4 Å². The lowest BCUT2D eigenvalue weighted by Crippen LogP contribution is -2.11. The Morgan fingerprint density at radius 2 is 1.83 bits per heavy atom. The maximum atomic E-state index is 8.98. The topological polar surface area (TPSA) is 66.5 Å². The van der Waals surface area contributed by atoms with Gasteiger partial charge in [0.15, 0.2) is 0 Å². The number of nitrogens with two attached hydrogens (primary N) is 1. The number of hydrogen-bond acceptors (Lipinski definition) is 3. The standard InChI is InChI=1S/C9H13NO2/c10-9(5-6-11)7-1-3-8(12)4-2-7/h1-4,9,11-12H,5-6,10H2/t9-/m1/s1. The van der Waals surface area contributed by atoms with E-state index in [0.29, 0.717) is 6.42 Å². The number of hydrogen-bond donors (Lipinski definition) is 3. The summed E-state index contributed by atoms with van der Waals surface area (Å²) in [6.45, 7) is 0.0854. The zero-order valence-corrected chi connectivity index (χ0v) is 6.77. The molecule has 12 heavy (non-hydrogen) atoms. The van der Waals surface area contributed by atoms with Crippen LogP contribution in [0.25, 0.3) is 0 Å². The van der Waals surface area contributed by atoms with Crippen LogP contribution < -0.4 is 5.73 Å². The van der Waals surface area contributed by atoms with Gasteiger partial charge in [-0.25, -0.2) is 0 Å². The number of aliphatic hydroxyl groups excluding tert-OH is 1. The van der Waals surface area contributed by atoms with Crippen LogP contribution >= 0.6 is 0 Å². The zero-order chi connectivity index (χ0) is 8.97. The number of aromatic hydroxyl groups is 1. The molecule has 0 aromatic heterocycles. The largest absolute Gasteiger partial charge is 0.508 e. The Balaban J connectivity index is 2.68. The van der Waals surface area contributed by atoms with E-state index in [1.165, 1.54) is 0 Å². The van der Waals surface area contributed by atoms with Gasteiger partial charge in [0.05, 0.1) is 0 Å². The molecule has 3 nitrogen and oxygen atoms in total. The predicted octanol–water partition coefficient (Wildman–Crippen LogP) is 0.774. The van der Waals surface area contributed by atoms with E-state index in [1.54, 1.807) is 24.3 Å². The van der Waals surface area contributed by atoms with Crippen molar-refractivity contribution in [3.05, 3.63) is 29.8 Å². The molecule has 0 amide bonds. The van der Waals surface area contributed by atoms with E-state index in [2.05, 4.69) is 0 Å². The minimum atomic E-state index is -0.143. The Morgan fingerprint density at radius 1 is 1.25 bits per heavy atom. The fourth-order valence-corrected chi connectivity index (χ4v) is 1.03. The maximum absolute atomic E-state index is 8.98. The van der Waals surface area contributed by atoms with E-state index in [9.17, 15) is 0 Å². The highest BCUT2D eigenvalue weighted by Crippen LogP contribution is 2.16. The summed E-state index contributed by atoms with van der Waals surface area (Å²) >= 11 is 0. The molecule has 0 radical (unpaired) electrons. The van der Waals surface area contributed by atoms with Gasteiger partial charge in [0.25, 0.3) is 0 Å². The Labute approximate surface area is 71.5 Å². The van der Waals surface area contributed by atoms with E-state index < -0.39 is 0 Å². The van der Waals surface area contributed by atoms with E-state index in [1.807, 2.05) is 0 Å². The Bertz CT molecular complexity index is 233. The molecule has 1 atom stereocenters. The van der Waals surface area contributed by atoms with Crippen LogP contribution in [-0.4, -0.2) is 16.8 Å². The fourth-order valence-electron chi connectivity index (χ4n) is 1.03. The van der Waals surface area contributed by atoms with Gasteiger partial charge in [-0.05, 0) is 24.1 Å². The summed E-state index contributed by atoms with van der Waals surface area (Å²) in [5.41, 5.74) is 6.65. The third-order valence-corrected chi connectivity index (χ3v) is 1.76. The Kier molecular flexibility index (Phi) is 3.08. The molecule has 1 rings (SSSR count). The second-order valence-electron chi connectivity index (χ2n) is 2.71. The van der Waals surface area contributed by atoms with Crippen molar-refractivity contribution in [3.63, 3.8) is 0 Å². The van der Waals surface area contributed by atoms with Crippen LogP contribution in [0.3, 0.4) is 0 Å². The van der Waals surface area contributed by atoms with Crippen LogP contribution in [0, 0.1) is 0 Å². The van der Waals surface area contributed by atoms with Gasteiger partial charge in [-0.15, -0.1) is 0 Å². The molecule has 1 aromatic rings. The molecule has 0 aliphatic rings. The first-order valence-corrected chi connectivity index (χ1v) is 3.89. The lowest BCUT2D eigenvalue weighted by Gasteiger charge is -2.09. The molecule has 0 fully saturated rings. The van der Waals surface area contributed by atoms with Crippen molar-refractivity contribution in [3.8, 4) is 5.75 Å². The first kappa shape index (κ1) is 9.03. The highest BCUT2D eigenvalue weighted by molar-refractivity contribution is 5.27. The van der Waals surface area contributed by atoms with Crippen molar-refractivity contribution in [1.29, 1.82) is 0 Å². The van der Waals surface area contributed by atoms with Gasteiger partial charge < -0.3 is 15.9 Å². The van der Waals surface area contributed by atoms with Gasteiger partial charge in [-0.1, -0.05) is 12.1 Å². The molecule has 0 unspecified atom stereocenters. The van der Waals surface area contributed by atoms with Crippen molar-refractivity contribution >= 4 is 0 Å². The maximum Gasteiger partial charge on any atom is 0.115 e. The van der Waals surface area contributed by atoms with Gasteiger partial charge in [0.1, 0.15) is 5.75 Å². The van der Waals surface area contributed by atoms with Crippen molar-refractivity contribution in [1.82, 2.24) is 0 Å². The van der Waals surface area contributed by atoms with Crippen molar-refractivity contribution in [2.75, 3.05) is 6.61 Å². The molecule has 1 aromatic carbocycles. The average molecular weight is 167 g/mol. The molecule has 66 valence electrons. The predicted molar refractivity (Wildman–Crippen MR) is 46.7 cm³/mol. The second-order valence-corrected chi connectivity index (χ2v) is 2.71. The van der Waals surface area contributed by atoms with Crippen LogP contribution in [0.4, 0.5) is 0 Å². The van der Waals surface area contributed by atoms with E-state index in [4.69, 9.17) is 15.9 Å². The van der Waals surface area contributed by atoms with Crippen molar-refractivity contribution in [2.24, 2.45) is 5.73 Å². The summed E-state index contributed by atoms with van der Waals surface area (Å²) in [5.74, 6) is 0.231. The smallest absolute Gasteiger partial charge is 0.115 e. The van der Waals surface area contributed by atoms with Crippen molar-refractivity contribution in [2.45, 2.75) is 12.5 Å². The van der Waals surface area contributed by atoms with Crippen LogP contribution in [0.15, 0.2) is 24.3 Å². The van der Waals surface area contributed by atoms with Crippen LogP contribution in [-0.2, 0) is 0 Å². The third-order valence-electron chi connectivity index (χ3n) is 1.76. The number of phenols is 1. The van der Waals surface area contributed by atoms with Crippen LogP contribution in [0.2, 0.25) is 0 Å². The van der Waals surface area contributed by atoms with Gasteiger partial charge in [0, 0.05) is 12.6 Å². The van der Waals surface area contributed by atoms with Crippen LogP contribution in [0.1, 0.15) is 18.0 Å². The lowest BCUT2D eigenvalue weighted by atomic mass is 10.1. The molecular formula is C9H13NO2. The van der Waals surface area contributed by atoms with E-state index >= 15 is 0 Å². The normalized spacial score (nSPS) is 12.8. The molecule has 0 heterocycles. The summed E-state index contributed by atoms with van der Waals surface area (Å²) in [6, 6.07) is 6.56. The van der Waals surface area contributed by atoms with Gasteiger partial charge in [0.2, 0.25) is 0 Å². The van der Waals surface area contributed by atoms with Gasteiger partial charge in [-0.2, -0.15) is 0 Å². The lowest BCUT2D eigenvalue weighted by molar-refractivity contribution is 0.276. The quantitative estimate of drug-likeness (QED) is 0.623. The molecule has 0 saturated heterocycles. The number of phenolic OH excluding ortho intramolecular Hbond substituents is 1. The Morgan fingerprint density at radius 3 is 2.33 bits per heavy atom. The van der Waals surface area contributed by atoms with Crippen molar-refractivity contribution < 1.29 is 10.2 Å². The summed E-state index contributed by atoms with van der Waals surface area (Å²) < 4.78 is 0.